The third kappa shape index (κ3) is 3.60. The fraction of sp³-hybridized carbons (Fsp3) is 0.526. The second kappa shape index (κ2) is 8.03. The molecule has 4 rings (SSSR count). The molecule has 1 aliphatic carbocycles. The van der Waals surface area contributed by atoms with Gasteiger partial charge in [0.2, 0.25) is 5.91 Å². The molecule has 0 bridgehead atoms. The number of rotatable bonds is 5. The molecule has 2 N–H and O–H groups in total. The molecule has 2 aromatic rings. The van der Waals surface area contributed by atoms with Gasteiger partial charge in [-0.2, -0.15) is 5.01 Å². The molecule has 1 saturated carbocycles. The molecule has 30 heavy (non-hydrogen) atoms. The van der Waals surface area contributed by atoms with Crippen molar-refractivity contribution in [1.29, 1.82) is 0 Å². The molecule has 4 amide bonds. The first-order chi connectivity index (χ1) is 14.3. The van der Waals surface area contributed by atoms with Gasteiger partial charge in [-0.3, -0.25) is 24.4 Å². The normalized spacial score (nSPS) is 23.9. The molecule has 2 fully saturated rings. The Bertz CT molecular complexity index is 1070. The van der Waals surface area contributed by atoms with Crippen molar-refractivity contribution >= 4 is 51.2 Å². The first-order valence-electron chi connectivity index (χ1n) is 9.91. The van der Waals surface area contributed by atoms with E-state index in [1.165, 1.54) is 15.9 Å². The highest BCUT2D eigenvalue weighted by Crippen LogP contribution is 2.35. The summed E-state index contributed by atoms with van der Waals surface area (Å²) in [6.07, 6.45) is 2.87. The van der Waals surface area contributed by atoms with Crippen LogP contribution in [0.5, 0.6) is 0 Å². The van der Waals surface area contributed by atoms with Gasteiger partial charge in [-0.25, -0.2) is 9.78 Å². The van der Waals surface area contributed by atoms with Crippen LogP contribution >= 0.6 is 23.1 Å². The number of nitrogens with zero attached hydrogens (tertiary/aromatic N) is 3. The second-order valence-electron chi connectivity index (χ2n) is 7.74. The molecule has 3 heterocycles. The smallest absolute Gasteiger partial charge is 0.322 e. The highest BCUT2D eigenvalue weighted by Gasteiger charge is 2.52. The highest BCUT2D eigenvalue weighted by atomic mass is 32.2. The number of hydrogen-bond acceptors (Lipinski definition) is 7. The largest absolute Gasteiger partial charge is 0.344 e. The predicted octanol–water partition coefficient (Wildman–Crippen LogP) is 2.10. The number of thiophene rings is 1. The Hall–Kier alpha value is -2.40. The number of hydrogen-bond donors (Lipinski definition) is 2. The molecule has 0 aromatic carbocycles. The molecule has 1 spiro atoms. The number of carbonyl (C=O) groups is 3. The molecule has 1 saturated heterocycles. The zero-order valence-corrected chi connectivity index (χ0v) is 18.4. The maximum absolute atomic E-state index is 12.8. The van der Waals surface area contributed by atoms with E-state index in [2.05, 4.69) is 22.7 Å². The van der Waals surface area contributed by atoms with E-state index in [0.717, 1.165) is 29.6 Å². The zero-order chi connectivity index (χ0) is 21.5. The van der Waals surface area contributed by atoms with Gasteiger partial charge in [0.1, 0.15) is 10.2 Å². The van der Waals surface area contributed by atoms with Crippen molar-refractivity contribution in [2.75, 3.05) is 5.75 Å². The molecule has 160 valence electrons. The number of hydrazine groups is 1. The van der Waals surface area contributed by atoms with E-state index < -0.39 is 23.4 Å². The van der Waals surface area contributed by atoms with Gasteiger partial charge in [-0.15, -0.1) is 11.3 Å². The lowest BCUT2D eigenvalue weighted by atomic mass is 9.77. The minimum absolute atomic E-state index is 0.0802. The lowest BCUT2D eigenvalue weighted by molar-refractivity contribution is -0.139. The molecular formula is C19H23N5O4S2. The Morgan fingerprint density at radius 1 is 1.37 bits per heavy atom. The Morgan fingerprint density at radius 3 is 2.80 bits per heavy atom. The van der Waals surface area contributed by atoms with Gasteiger partial charge in [0.05, 0.1) is 11.3 Å². The molecule has 1 aliphatic heterocycles. The molecular weight excluding hydrogens is 426 g/mol. The van der Waals surface area contributed by atoms with Crippen LogP contribution < -0.4 is 16.3 Å². The summed E-state index contributed by atoms with van der Waals surface area (Å²) in [6.45, 7) is 4.39. The van der Waals surface area contributed by atoms with E-state index in [9.17, 15) is 19.2 Å². The lowest BCUT2D eigenvalue weighted by Gasteiger charge is -2.33. The van der Waals surface area contributed by atoms with E-state index in [1.54, 1.807) is 11.4 Å². The molecule has 2 aromatic heterocycles. The van der Waals surface area contributed by atoms with Crippen LogP contribution in [-0.4, -0.2) is 43.7 Å². The number of imide groups is 1. The van der Waals surface area contributed by atoms with Gasteiger partial charge >= 0.3 is 6.03 Å². The Kier molecular flexibility index (Phi) is 5.58. The van der Waals surface area contributed by atoms with Gasteiger partial charge < -0.3 is 5.32 Å². The number of urea groups is 1. The molecule has 9 nitrogen and oxygen atoms in total. The number of carbonyl (C=O) groups excluding carboxylic acids is 3. The molecule has 2 aliphatic rings. The second-order valence-corrected chi connectivity index (χ2v) is 9.60. The molecule has 0 atom stereocenters. The Balaban J connectivity index is 1.43. The topological polar surface area (TPSA) is 113 Å². The van der Waals surface area contributed by atoms with Crippen LogP contribution in [0.1, 0.15) is 39.5 Å². The maximum Gasteiger partial charge on any atom is 0.344 e. The van der Waals surface area contributed by atoms with E-state index in [-0.39, 0.29) is 11.3 Å². The van der Waals surface area contributed by atoms with Crippen molar-refractivity contribution in [1.82, 2.24) is 25.3 Å². The number of thioether (sulfide) groups is 1. The summed E-state index contributed by atoms with van der Waals surface area (Å²) in [5.74, 6) is -0.471. The number of aromatic nitrogens is 2. The standard InChI is InChI=1S/C19H23N5O4S2/c1-3-23-15(26)14-12(6-9-29-14)20-18(23)30-10-13(25)22-24-16(27)19(21-17(24)28)7-4-11(2)5-8-19/h6,9,11H,3-5,7-8,10H2,1-2H3,(H,21,28)(H,22,25). The average molecular weight is 450 g/mol. The third-order valence-corrected chi connectivity index (χ3v) is 7.57. The minimum atomic E-state index is -0.905. The average Bonchev–Trinajstić information content (AvgIpc) is 3.28. The molecule has 11 heteroatoms. The first kappa shape index (κ1) is 20.9. The van der Waals surface area contributed by atoms with Crippen molar-refractivity contribution in [3.05, 3.63) is 21.8 Å². The van der Waals surface area contributed by atoms with E-state index in [0.29, 0.717) is 40.7 Å². The fourth-order valence-corrected chi connectivity index (χ4v) is 5.55. The number of fused-ring (bicyclic) bond motifs is 1. The Labute approximate surface area is 181 Å². The van der Waals surface area contributed by atoms with Crippen LogP contribution in [0.2, 0.25) is 0 Å². The van der Waals surface area contributed by atoms with Crippen LogP contribution in [-0.2, 0) is 16.1 Å². The van der Waals surface area contributed by atoms with Crippen molar-refractivity contribution in [2.24, 2.45) is 5.92 Å². The zero-order valence-electron chi connectivity index (χ0n) is 16.8. The van der Waals surface area contributed by atoms with E-state index in [4.69, 9.17) is 0 Å². The predicted molar refractivity (Wildman–Crippen MR) is 114 cm³/mol. The first-order valence-corrected chi connectivity index (χ1v) is 11.8. The van der Waals surface area contributed by atoms with Crippen LogP contribution in [0.15, 0.2) is 21.4 Å². The monoisotopic (exact) mass is 449 g/mol. The minimum Gasteiger partial charge on any atom is -0.322 e. The van der Waals surface area contributed by atoms with Crippen LogP contribution in [0.25, 0.3) is 10.2 Å². The van der Waals surface area contributed by atoms with Gasteiger partial charge in [0, 0.05) is 6.54 Å². The summed E-state index contributed by atoms with van der Waals surface area (Å²) >= 11 is 2.44. The summed E-state index contributed by atoms with van der Waals surface area (Å²) in [7, 11) is 0. The van der Waals surface area contributed by atoms with E-state index >= 15 is 0 Å². The van der Waals surface area contributed by atoms with Crippen molar-refractivity contribution < 1.29 is 14.4 Å². The summed E-state index contributed by atoms with van der Waals surface area (Å²) < 4.78 is 2.10. The summed E-state index contributed by atoms with van der Waals surface area (Å²) in [4.78, 5) is 54.7. The fourth-order valence-electron chi connectivity index (χ4n) is 3.92. The van der Waals surface area contributed by atoms with E-state index in [1.807, 2.05) is 6.92 Å². The van der Waals surface area contributed by atoms with Gasteiger partial charge in [-0.1, -0.05) is 18.7 Å². The summed E-state index contributed by atoms with van der Waals surface area (Å²) in [6, 6.07) is 1.17. The Morgan fingerprint density at radius 2 is 2.10 bits per heavy atom. The van der Waals surface area contributed by atoms with Gasteiger partial charge in [-0.05, 0) is 50.0 Å². The highest BCUT2D eigenvalue weighted by molar-refractivity contribution is 7.99. The van der Waals surface area contributed by atoms with Crippen LogP contribution in [0.4, 0.5) is 4.79 Å². The van der Waals surface area contributed by atoms with Crippen molar-refractivity contribution in [3.8, 4) is 0 Å². The molecule has 0 radical (unpaired) electrons. The quantitative estimate of drug-likeness (QED) is 0.411. The SMILES string of the molecule is CCn1c(SCC(=O)NN2C(=O)NC3(CCC(C)CC3)C2=O)nc2ccsc2c1=O. The van der Waals surface area contributed by atoms with Gasteiger partial charge in [0.25, 0.3) is 11.5 Å². The van der Waals surface area contributed by atoms with Crippen LogP contribution in [0.3, 0.4) is 0 Å². The lowest BCUT2D eigenvalue weighted by Crippen LogP contribution is -2.51. The summed E-state index contributed by atoms with van der Waals surface area (Å²) in [5.41, 5.74) is 1.97. The summed E-state index contributed by atoms with van der Waals surface area (Å²) in [5, 5.41) is 5.80. The van der Waals surface area contributed by atoms with Crippen LogP contribution in [0, 0.1) is 5.92 Å². The molecule has 0 unspecified atom stereocenters. The maximum atomic E-state index is 12.8. The van der Waals surface area contributed by atoms with Gasteiger partial charge in [0.15, 0.2) is 5.16 Å². The van der Waals surface area contributed by atoms with Crippen molar-refractivity contribution in [3.63, 3.8) is 0 Å². The van der Waals surface area contributed by atoms with Crippen molar-refractivity contribution in [2.45, 2.75) is 56.8 Å². The number of nitrogens with one attached hydrogen (secondary N) is 2. The third-order valence-electron chi connectivity index (χ3n) is 5.71. The number of amides is 4.